The van der Waals surface area contributed by atoms with Gasteiger partial charge in [-0.1, -0.05) is 84.7 Å². The van der Waals surface area contributed by atoms with Crippen LogP contribution in [0.5, 0.6) is 0 Å². The Balaban J connectivity index is 1.69. The van der Waals surface area contributed by atoms with E-state index in [1.54, 1.807) is 0 Å². The van der Waals surface area contributed by atoms with E-state index in [-0.39, 0.29) is 29.9 Å². The van der Waals surface area contributed by atoms with Gasteiger partial charge in [-0.15, -0.1) is 0 Å². The highest BCUT2D eigenvalue weighted by Crippen LogP contribution is 2.41. The zero-order chi connectivity index (χ0) is 21.3. The number of morpholine rings is 1. The number of halogens is 2. The Morgan fingerprint density at radius 1 is 1.03 bits per heavy atom. The summed E-state index contributed by atoms with van der Waals surface area (Å²) >= 11 is 12.3. The number of hydrogen-bond donors (Lipinski definition) is 0. The molecule has 156 valence electrons. The molecule has 1 amide bonds. The summed E-state index contributed by atoms with van der Waals surface area (Å²) in [5.74, 6) is 0.291. The van der Waals surface area contributed by atoms with E-state index in [4.69, 9.17) is 27.9 Å². The number of ether oxygens (including phenoxy) is 1. The van der Waals surface area contributed by atoms with E-state index in [9.17, 15) is 4.79 Å². The van der Waals surface area contributed by atoms with Crippen LogP contribution in [0, 0.1) is 11.8 Å². The molecule has 3 nitrogen and oxygen atoms in total. The maximum atomic E-state index is 13.3. The highest BCUT2D eigenvalue weighted by molar-refractivity contribution is 6.31. The number of carbonyl (C=O) groups excluding carboxylic acids is 1. The largest absolute Gasteiger partial charge is 0.362 e. The molecule has 1 aliphatic carbocycles. The number of rotatable bonds is 4. The van der Waals surface area contributed by atoms with E-state index < -0.39 is 6.10 Å². The first-order chi connectivity index (χ1) is 14.4. The van der Waals surface area contributed by atoms with Crippen molar-refractivity contribution < 1.29 is 9.53 Å². The van der Waals surface area contributed by atoms with Gasteiger partial charge >= 0.3 is 0 Å². The molecule has 0 radical (unpaired) electrons. The Hall–Kier alpha value is -2.07. The maximum Gasteiger partial charge on any atom is 0.252 e. The lowest BCUT2D eigenvalue weighted by Gasteiger charge is -2.46. The molecule has 0 N–H and O–H groups in total. The first-order valence-electron chi connectivity index (χ1n) is 10.2. The zero-order valence-electron chi connectivity index (χ0n) is 17.0. The van der Waals surface area contributed by atoms with Crippen LogP contribution < -0.4 is 0 Å². The summed E-state index contributed by atoms with van der Waals surface area (Å²) in [4.78, 5) is 15.1. The molecule has 4 rings (SSSR count). The van der Waals surface area contributed by atoms with Gasteiger partial charge in [0.05, 0.1) is 12.1 Å². The average Bonchev–Trinajstić information content (AvgIpc) is 2.73. The second kappa shape index (κ2) is 8.97. The predicted octanol–water partition coefficient (Wildman–Crippen LogP) is 5.79. The molecule has 1 fully saturated rings. The van der Waals surface area contributed by atoms with Gasteiger partial charge < -0.3 is 9.64 Å². The van der Waals surface area contributed by atoms with Gasteiger partial charge in [-0.25, -0.2) is 0 Å². The van der Waals surface area contributed by atoms with Crippen molar-refractivity contribution in [2.24, 2.45) is 11.8 Å². The van der Waals surface area contributed by atoms with Crippen LogP contribution in [0.4, 0.5) is 0 Å². The van der Waals surface area contributed by atoms with Crippen molar-refractivity contribution in [2.75, 3.05) is 7.05 Å². The monoisotopic (exact) mass is 441 g/mol. The van der Waals surface area contributed by atoms with E-state index >= 15 is 0 Å². The Bertz CT molecular complexity index is 955. The summed E-state index contributed by atoms with van der Waals surface area (Å²) in [7, 11) is 1.87. The minimum atomic E-state index is -0.520. The molecule has 2 aliphatic rings. The Morgan fingerprint density at radius 3 is 2.40 bits per heavy atom. The molecule has 5 heteroatoms. The van der Waals surface area contributed by atoms with E-state index in [0.717, 1.165) is 16.2 Å². The topological polar surface area (TPSA) is 29.5 Å². The number of carbonyl (C=O) groups is 1. The van der Waals surface area contributed by atoms with Crippen molar-refractivity contribution in [1.29, 1.82) is 0 Å². The van der Waals surface area contributed by atoms with Gasteiger partial charge in [-0.3, -0.25) is 4.79 Å². The van der Waals surface area contributed by atoms with Crippen molar-refractivity contribution in [1.82, 2.24) is 4.90 Å². The number of hydrogen-bond acceptors (Lipinski definition) is 2. The quantitative estimate of drug-likeness (QED) is 0.600. The number of amides is 1. The Morgan fingerprint density at radius 2 is 1.73 bits per heavy atom. The molecule has 1 saturated heterocycles. The van der Waals surface area contributed by atoms with E-state index in [1.165, 1.54) is 0 Å². The molecule has 5 unspecified atom stereocenters. The molecule has 1 aliphatic heterocycles. The van der Waals surface area contributed by atoms with Crippen molar-refractivity contribution >= 4 is 29.1 Å². The highest BCUT2D eigenvalue weighted by atomic mass is 35.5. The molecule has 2 aromatic rings. The molecule has 2 aromatic carbocycles. The SMILES string of the molecule is CC1C=C(Cl)C=CC1C1OC(Cc2ccccc2)C(=O)N(C)C1c1ccc(Cl)cc1. The number of allylic oxidation sites excluding steroid dienone is 3. The number of benzene rings is 2. The second-order valence-corrected chi connectivity index (χ2v) is 8.94. The van der Waals surface area contributed by atoms with Gasteiger partial charge in [-0.05, 0) is 35.3 Å². The summed E-state index contributed by atoms with van der Waals surface area (Å²) in [6.07, 6.45) is 5.93. The highest BCUT2D eigenvalue weighted by Gasteiger charge is 2.45. The van der Waals surface area contributed by atoms with E-state index in [2.05, 4.69) is 19.1 Å². The normalized spacial score (nSPS) is 29.1. The third kappa shape index (κ3) is 4.34. The van der Waals surface area contributed by atoms with E-state index in [1.807, 2.05) is 72.6 Å². The van der Waals surface area contributed by atoms with Crippen molar-refractivity contribution in [2.45, 2.75) is 31.6 Å². The standard InChI is InChI=1S/C25H25Cl2NO2/c1-16-14-20(27)12-13-21(16)24-23(18-8-10-19(26)11-9-18)28(2)25(29)22(30-24)15-17-6-4-3-5-7-17/h3-14,16,21-24H,15H2,1-2H3. The van der Waals surface area contributed by atoms with Gasteiger partial charge in [0, 0.05) is 29.4 Å². The van der Waals surface area contributed by atoms with Crippen LogP contribution in [-0.2, 0) is 16.0 Å². The minimum Gasteiger partial charge on any atom is -0.362 e. The molecule has 0 aromatic heterocycles. The molecule has 0 spiro atoms. The third-order valence-corrected chi connectivity index (χ3v) is 6.54. The molecular weight excluding hydrogens is 417 g/mol. The van der Waals surface area contributed by atoms with Gasteiger partial charge in [0.15, 0.2) is 0 Å². The summed E-state index contributed by atoms with van der Waals surface area (Å²) < 4.78 is 6.57. The smallest absolute Gasteiger partial charge is 0.252 e. The summed E-state index contributed by atoms with van der Waals surface area (Å²) in [5, 5.41) is 1.41. The molecule has 30 heavy (non-hydrogen) atoms. The van der Waals surface area contributed by atoms with Gasteiger partial charge in [0.2, 0.25) is 0 Å². The van der Waals surface area contributed by atoms with Crippen molar-refractivity contribution in [3.05, 3.63) is 94.0 Å². The Labute approximate surface area is 187 Å². The maximum absolute atomic E-state index is 13.3. The van der Waals surface area contributed by atoms with Crippen LogP contribution in [0.15, 0.2) is 77.9 Å². The van der Waals surface area contributed by atoms with Crippen LogP contribution in [-0.4, -0.2) is 30.1 Å². The first-order valence-corrected chi connectivity index (χ1v) is 11.0. The predicted molar refractivity (Wildman–Crippen MR) is 122 cm³/mol. The molecule has 0 bridgehead atoms. The fourth-order valence-corrected chi connectivity index (χ4v) is 4.85. The van der Waals surface area contributed by atoms with Crippen molar-refractivity contribution in [3.63, 3.8) is 0 Å². The summed E-state index contributed by atoms with van der Waals surface area (Å²) in [6.45, 7) is 2.14. The van der Waals surface area contributed by atoms with E-state index in [0.29, 0.717) is 11.4 Å². The number of nitrogens with zero attached hydrogens (tertiary/aromatic N) is 1. The molecule has 0 saturated carbocycles. The third-order valence-electron chi connectivity index (χ3n) is 6.03. The Kier molecular flexibility index (Phi) is 6.33. The van der Waals surface area contributed by atoms with Crippen LogP contribution in [0.3, 0.4) is 0 Å². The summed E-state index contributed by atoms with van der Waals surface area (Å²) in [5.41, 5.74) is 2.10. The molecule has 1 heterocycles. The first kappa shape index (κ1) is 21.2. The van der Waals surface area contributed by atoms with Crippen LogP contribution in [0.2, 0.25) is 5.02 Å². The fourth-order valence-electron chi connectivity index (χ4n) is 4.45. The summed E-state index contributed by atoms with van der Waals surface area (Å²) in [6, 6.07) is 17.5. The minimum absolute atomic E-state index is 0.00364. The second-order valence-electron chi connectivity index (χ2n) is 8.07. The number of likely N-dealkylation sites (N-methyl/N-ethyl adjacent to an activating group) is 1. The van der Waals surface area contributed by atoms with Gasteiger partial charge in [0.1, 0.15) is 6.10 Å². The van der Waals surface area contributed by atoms with Gasteiger partial charge in [-0.2, -0.15) is 0 Å². The lowest BCUT2D eigenvalue weighted by atomic mass is 9.79. The van der Waals surface area contributed by atoms with Gasteiger partial charge in [0.25, 0.3) is 5.91 Å². The zero-order valence-corrected chi connectivity index (χ0v) is 18.6. The lowest BCUT2D eigenvalue weighted by Crippen LogP contribution is -2.55. The molecular formula is C25H25Cl2NO2. The van der Waals surface area contributed by atoms with Crippen LogP contribution >= 0.6 is 23.2 Å². The lowest BCUT2D eigenvalue weighted by molar-refractivity contribution is -0.176. The molecule has 5 atom stereocenters. The van der Waals surface area contributed by atoms with Crippen molar-refractivity contribution in [3.8, 4) is 0 Å². The van der Waals surface area contributed by atoms with Crippen LogP contribution in [0.1, 0.15) is 24.1 Å². The van der Waals surface area contributed by atoms with Crippen LogP contribution in [0.25, 0.3) is 0 Å². The average molecular weight is 442 g/mol. The fraction of sp³-hybridized carbons (Fsp3) is 0.320.